The number of nitrogens with two attached hydrogens (primary N) is 1. The van der Waals surface area contributed by atoms with Gasteiger partial charge in [0.1, 0.15) is 18.0 Å². The summed E-state index contributed by atoms with van der Waals surface area (Å²) in [6, 6.07) is 0.973. The summed E-state index contributed by atoms with van der Waals surface area (Å²) in [4.78, 5) is 14.6. The van der Waals surface area contributed by atoms with Crippen molar-refractivity contribution in [1.82, 2.24) is 9.55 Å². The van der Waals surface area contributed by atoms with Crippen molar-refractivity contribution in [2.45, 2.75) is 24.0 Å². The average molecular weight is 311 g/mol. The minimum Gasteiger partial charge on any atom is -0.400 e. The van der Waals surface area contributed by atoms with Gasteiger partial charge >= 0.3 is 17.5 Å². The molecule has 4 atom stereocenters. The van der Waals surface area contributed by atoms with Gasteiger partial charge in [0.15, 0.2) is 0 Å². The molecule has 1 aromatic rings. The van der Waals surface area contributed by atoms with Gasteiger partial charge in [-0.15, -0.1) is 0 Å². The predicted molar refractivity (Wildman–Crippen MR) is 64.2 cm³/mol. The molecule has 2 heterocycles. The van der Waals surface area contributed by atoms with Gasteiger partial charge in [0.05, 0.1) is 6.61 Å². The SMILES string of the molecule is CO.Nc1ccn([C@]2(F)O[C@H](CO)[C@@H](O)[C@]2(O)F)c(=O)n1. The molecule has 2 rings (SSSR count). The number of nitrogen functional groups attached to an aromatic ring is 1. The third kappa shape index (κ3) is 2.61. The number of hydrogen-bond donors (Lipinski definition) is 5. The first kappa shape index (κ1) is 17.4. The summed E-state index contributed by atoms with van der Waals surface area (Å²) in [5, 5.41) is 34.5. The van der Waals surface area contributed by atoms with E-state index in [-0.39, 0.29) is 10.4 Å². The number of anilines is 1. The fraction of sp³-hybridized carbons (Fsp3) is 0.600. The second-order valence-corrected chi connectivity index (χ2v) is 4.02. The molecule has 11 heteroatoms. The van der Waals surface area contributed by atoms with Crippen LogP contribution >= 0.6 is 0 Å². The van der Waals surface area contributed by atoms with E-state index in [1.165, 1.54) is 0 Å². The number of ether oxygens (including phenoxy) is 1. The van der Waals surface area contributed by atoms with Gasteiger partial charge in [-0.2, -0.15) is 9.37 Å². The fourth-order valence-corrected chi connectivity index (χ4v) is 1.77. The lowest BCUT2D eigenvalue weighted by atomic mass is 10.1. The van der Waals surface area contributed by atoms with Crippen LogP contribution in [0.1, 0.15) is 0 Å². The molecule has 0 amide bonds. The van der Waals surface area contributed by atoms with Crippen LogP contribution in [0.4, 0.5) is 14.6 Å². The molecule has 1 saturated heterocycles. The molecule has 0 bridgehead atoms. The van der Waals surface area contributed by atoms with Gasteiger partial charge < -0.3 is 30.9 Å². The van der Waals surface area contributed by atoms with Crippen molar-refractivity contribution in [1.29, 1.82) is 0 Å². The van der Waals surface area contributed by atoms with Crippen molar-refractivity contribution in [3.05, 3.63) is 22.7 Å². The predicted octanol–water partition coefficient (Wildman–Crippen LogP) is -2.58. The number of hydrogen-bond acceptors (Lipinski definition) is 8. The Hall–Kier alpha value is -1.66. The van der Waals surface area contributed by atoms with Gasteiger partial charge in [0.25, 0.3) is 0 Å². The van der Waals surface area contributed by atoms with E-state index in [1.807, 2.05) is 0 Å². The summed E-state index contributed by atoms with van der Waals surface area (Å²) < 4.78 is 32.8. The van der Waals surface area contributed by atoms with Gasteiger partial charge in [-0.3, -0.25) is 0 Å². The van der Waals surface area contributed by atoms with E-state index in [4.69, 9.17) is 15.9 Å². The zero-order valence-corrected chi connectivity index (χ0v) is 10.8. The molecule has 0 saturated carbocycles. The molecule has 0 radical (unpaired) electrons. The van der Waals surface area contributed by atoms with Crippen molar-refractivity contribution in [3.8, 4) is 0 Å². The quantitative estimate of drug-likeness (QED) is 0.399. The lowest BCUT2D eigenvalue weighted by Crippen LogP contribution is -2.55. The molecule has 1 aromatic heterocycles. The fourth-order valence-electron chi connectivity index (χ4n) is 1.77. The van der Waals surface area contributed by atoms with Crippen LogP contribution in [0.3, 0.4) is 0 Å². The number of halogens is 2. The summed E-state index contributed by atoms with van der Waals surface area (Å²) in [6.07, 6.45) is -3.42. The Morgan fingerprint density at radius 1 is 1.52 bits per heavy atom. The van der Waals surface area contributed by atoms with E-state index < -0.39 is 36.3 Å². The second kappa shape index (κ2) is 5.99. The van der Waals surface area contributed by atoms with Gasteiger partial charge in [-0.1, -0.05) is 0 Å². The smallest absolute Gasteiger partial charge is 0.360 e. The standard InChI is InChI=1S/C9H11F2N3O5.CH4O/c10-8(18)6(16)4(3-15)19-9(8,11)14-2-1-5(12)13-7(14)17;1-2/h1-2,4,6,15-16,18H,3H2,(H2,12,13,17);2H,1H3/t4-,6-,8-,9+;/m1./s1. The molecule has 120 valence electrons. The maximum Gasteiger partial charge on any atom is 0.360 e. The minimum absolute atomic E-state index is 0.00222. The Morgan fingerprint density at radius 2 is 2.10 bits per heavy atom. The molecular formula is C10H15F2N3O6. The highest BCUT2D eigenvalue weighted by Gasteiger charge is 2.70. The van der Waals surface area contributed by atoms with E-state index in [0.29, 0.717) is 6.20 Å². The lowest BCUT2D eigenvalue weighted by molar-refractivity contribution is -0.325. The summed E-state index contributed by atoms with van der Waals surface area (Å²) in [5.41, 5.74) is 3.86. The maximum absolute atomic E-state index is 14.5. The first-order valence-corrected chi connectivity index (χ1v) is 5.61. The number of rotatable bonds is 2. The van der Waals surface area contributed by atoms with Gasteiger partial charge in [-0.25, -0.2) is 13.8 Å². The van der Waals surface area contributed by atoms with E-state index in [2.05, 4.69) is 9.72 Å². The molecule has 0 spiro atoms. The Balaban J connectivity index is 0.00000106. The van der Waals surface area contributed by atoms with Crippen LogP contribution in [0.2, 0.25) is 0 Å². The average Bonchev–Trinajstić information content (AvgIpc) is 2.62. The summed E-state index contributed by atoms with van der Waals surface area (Å²) in [7, 11) is 1.00. The highest BCUT2D eigenvalue weighted by Crippen LogP contribution is 2.45. The van der Waals surface area contributed by atoms with Crippen molar-refractivity contribution in [2.75, 3.05) is 19.5 Å². The van der Waals surface area contributed by atoms with Crippen molar-refractivity contribution in [3.63, 3.8) is 0 Å². The molecule has 1 aliphatic rings. The van der Waals surface area contributed by atoms with Crippen LogP contribution in [-0.4, -0.2) is 61.8 Å². The molecule has 21 heavy (non-hydrogen) atoms. The molecule has 1 fully saturated rings. The number of nitrogens with zero attached hydrogens (tertiary/aromatic N) is 2. The zero-order valence-electron chi connectivity index (χ0n) is 10.8. The lowest BCUT2D eigenvalue weighted by Gasteiger charge is -2.29. The van der Waals surface area contributed by atoms with Crippen molar-refractivity contribution < 1.29 is 33.9 Å². The Kier molecular flexibility index (Phi) is 4.96. The first-order valence-electron chi connectivity index (χ1n) is 5.61. The molecule has 0 aromatic carbocycles. The van der Waals surface area contributed by atoms with E-state index in [0.717, 1.165) is 13.2 Å². The Labute approximate surface area is 116 Å². The van der Waals surface area contributed by atoms with Gasteiger partial charge in [-0.05, 0) is 6.07 Å². The van der Waals surface area contributed by atoms with Crippen molar-refractivity contribution in [2.24, 2.45) is 0 Å². The van der Waals surface area contributed by atoms with Gasteiger partial charge in [0.2, 0.25) is 0 Å². The Bertz CT molecular complexity index is 554. The summed E-state index contributed by atoms with van der Waals surface area (Å²) >= 11 is 0. The van der Waals surface area contributed by atoms with Crippen LogP contribution in [0.15, 0.2) is 17.1 Å². The maximum atomic E-state index is 14.5. The largest absolute Gasteiger partial charge is 0.400 e. The summed E-state index contributed by atoms with van der Waals surface area (Å²) in [5.74, 6) is -7.91. The monoisotopic (exact) mass is 311 g/mol. The Morgan fingerprint density at radius 3 is 2.52 bits per heavy atom. The van der Waals surface area contributed by atoms with Crippen LogP contribution in [0.25, 0.3) is 0 Å². The normalized spacial score (nSPS) is 35.2. The topological polar surface area (TPSA) is 151 Å². The van der Waals surface area contributed by atoms with E-state index >= 15 is 0 Å². The zero-order chi connectivity index (χ0) is 16.4. The molecule has 0 unspecified atom stereocenters. The van der Waals surface area contributed by atoms with Crippen LogP contribution in [-0.2, 0) is 10.7 Å². The molecular weight excluding hydrogens is 296 g/mol. The minimum atomic E-state index is -3.94. The number of aliphatic hydroxyl groups excluding tert-OH is 3. The first-order chi connectivity index (χ1) is 9.74. The van der Waals surface area contributed by atoms with Crippen LogP contribution < -0.4 is 11.4 Å². The number of alkyl halides is 2. The number of aromatic nitrogens is 2. The van der Waals surface area contributed by atoms with E-state index in [9.17, 15) is 23.8 Å². The molecule has 1 aliphatic heterocycles. The third-order valence-corrected chi connectivity index (χ3v) is 2.80. The van der Waals surface area contributed by atoms with E-state index in [1.54, 1.807) is 0 Å². The third-order valence-electron chi connectivity index (χ3n) is 2.80. The van der Waals surface area contributed by atoms with Gasteiger partial charge in [0, 0.05) is 13.3 Å². The highest BCUT2D eigenvalue weighted by atomic mass is 19.2. The second-order valence-electron chi connectivity index (χ2n) is 4.02. The van der Waals surface area contributed by atoms with Crippen LogP contribution in [0, 0.1) is 0 Å². The molecule has 9 nitrogen and oxygen atoms in total. The molecule has 0 aliphatic carbocycles. The summed E-state index contributed by atoms with van der Waals surface area (Å²) in [6.45, 7) is -0.962. The highest BCUT2D eigenvalue weighted by molar-refractivity contribution is 5.24. The van der Waals surface area contributed by atoms with Crippen molar-refractivity contribution >= 4 is 5.82 Å². The molecule has 6 N–H and O–H groups in total. The van der Waals surface area contributed by atoms with Crippen LogP contribution in [0.5, 0.6) is 0 Å². The number of aliphatic hydroxyl groups is 4.